The Morgan fingerprint density at radius 1 is 1.21 bits per heavy atom. The van der Waals surface area contributed by atoms with Gasteiger partial charge in [0.15, 0.2) is 0 Å². The van der Waals surface area contributed by atoms with Gasteiger partial charge < -0.3 is 14.9 Å². The number of rotatable bonds is 10. The van der Waals surface area contributed by atoms with Gasteiger partial charge in [0, 0.05) is 11.5 Å². The maximum absolute atomic E-state index is 10.8. The zero-order valence-electron chi connectivity index (χ0n) is 19.5. The molecule has 1 atom stereocenters. The summed E-state index contributed by atoms with van der Waals surface area (Å²) < 4.78 is 6.44. The van der Waals surface area contributed by atoms with Gasteiger partial charge in [-0.05, 0) is 68.2 Å². The largest absolute Gasteiger partial charge is 0.508 e. The predicted molar refractivity (Wildman–Crippen MR) is 122 cm³/mol. The molecule has 0 bridgehead atoms. The Morgan fingerprint density at radius 3 is 2.55 bits per heavy atom. The van der Waals surface area contributed by atoms with Crippen LogP contribution in [0.25, 0.3) is 0 Å². The van der Waals surface area contributed by atoms with E-state index in [1.165, 1.54) is 25.7 Å². The Bertz CT molecular complexity index is 694. The van der Waals surface area contributed by atoms with Gasteiger partial charge in [-0.3, -0.25) is 0 Å². The van der Waals surface area contributed by atoms with Gasteiger partial charge in [0.1, 0.15) is 17.1 Å². The van der Waals surface area contributed by atoms with E-state index in [9.17, 15) is 10.2 Å². The van der Waals surface area contributed by atoms with Crippen molar-refractivity contribution >= 4 is 0 Å². The molecular weight excluding hydrogens is 360 g/mol. The van der Waals surface area contributed by atoms with Crippen LogP contribution in [0.2, 0.25) is 0 Å². The minimum absolute atomic E-state index is 0.0183. The van der Waals surface area contributed by atoms with Crippen LogP contribution in [-0.4, -0.2) is 22.4 Å². The normalized spacial score (nSPS) is 19.0. The van der Waals surface area contributed by atoms with Gasteiger partial charge in [-0.2, -0.15) is 0 Å². The number of fused-ring (bicyclic) bond motifs is 1. The van der Waals surface area contributed by atoms with Crippen LogP contribution in [0.4, 0.5) is 0 Å². The Morgan fingerprint density at radius 2 is 1.93 bits per heavy atom. The van der Waals surface area contributed by atoms with Crippen LogP contribution in [0, 0.1) is 5.92 Å². The van der Waals surface area contributed by atoms with Crippen LogP contribution in [0.1, 0.15) is 97.6 Å². The summed E-state index contributed by atoms with van der Waals surface area (Å²) in [7, 11) is 0. The number of phenolic OH excluding ortho intramolecular Hbond substituents is 1. The zero-order chi connectivity index (χ0) is 21.7. The molecule has 0 aromatic heterocycles. The molecule has 1 aliphatic rings. The molecule has 2 N–H and O–H groups in total. The van der Waals surface area contributed by atoms with Gasteiger partial charge in [-0.25, -0.2) is 0 Å². The minimum Gasteiger partial charge on any atom is -0.508 e. The second-order valence-electron chi connectivity index (χ2n) is 9.88. The molecule has 1 aromatic rings. The van der Waals surface area contributed by atoms with Gasteiger partial charge in [0.25, 0.3) is 0 Å². The number of hydrogen-bond acceptors (Lipinski definition) is 3. The van der Waals surface area contributed by atoms with Crippen LogP contribution in [0.3, 0.4) is 0 Å². The van der Waals surface area contributed by atoms with Gasteiger partial charge in [0.2, 0.25) is 0 Å². The first-order valence-corrected chi connectivity index (χ1v) is 11.5. The molecule has 1 aliphatic heterocycles. The summed E-state index contributed by atoms with van der Waals surface area (Å²) in [5, 5.41) is 20.3. The number of aliphatic hydroxyl groups excluding tert-OH is 1. The summed E-state index contributed by atoms with van der Waals surface area (Å²) in [5.74, 6) is 1.47. The monoisotopic (exact) mass is 402 g/mol. The van der Waals surface area contributed by atoms with E-state index < -0.39 is 0 Å². The summed E-state index contributed by atoms with van der Waals surface area (Å²) in [6.45, 7) is 13.2. The molecule has 0 saturated carbocycles. The molecule has 164 valence electrons. The Labute approximate surface area is 178 Å². The average molecular weight is 403 g/mol. The fraction of sp³-hybridized carbons (Fsp3) is 0.692. The molecule has 29 heavy (non-hydrogen) atoms. The van der Waals surface area contributed by atoms with E-state index in [0.717, 1.165) is 48.1 Å². The standard InChI is InChI=1S/C26H42O3/c1-7-9-10-11-14-25(3,4)21-16-23(28)22-15-20(13-12-19(8-2)18-27)26(5,6)29-24(22)17-21/h12,16-17,20,27-28H,7-11,13-15,18H2,1-6H3/b19-12+/t20-/m0/s1. The summed E-state index contributed by atoms with van der Waals surface area (Å²) in [4.78, 5) is 0. The lowest BCUT2D eigenvalue weighted by atomic mass is 9.76. The molecule has 0 spiro atoms. The van der Waals surface area contributed by atoms with E-state index in [-0.39, 0.29) is 23.5 Å². The fourth-order valence-corrected chi connectivity index (χ4v) is 4.31. The third kappa shape index (κ3) is 6.01. The quantitative estimate of drug-likeness (QED) is 0.338. The van der Waals surface area contributed by atoms with Crippen molar-refractivity contribution in [3.63, 3.8) is 0 Å². The highest BCUT2D eigenvalue weighted by Gasteiger charge is 2.38. The SMILES string of the molecule is CCCCCCC(C)(C)c1cc(O)c2c(c1)OC(C)(C)[C@@H](C/C=C(\CC)CO)C2. The summed E-state index contributed by atoms with van der Waals surface area (Å²) in [5.41, 5.74) is 2.86. The Balaban J connectivity index is 2.23. The summed E-state index contributed by atoms with van der Waals surface area (Å²) in [6, 6.07) is 4.12. The maximum Gasteiger partial charge on any atom is 0.127 e. The molecule has 0 saturated heterocycles. The highest BCUT2D eigenvalue weighted by Crippen LogP contribution is 2.45. The van der Waals surface area contributed by atoms with E-state index >= 15 is 0 Å². The number of phenols is 1. The van der Waals surface area contributed by atoms with Crippen molar-refractivity contribution in [3.8, 4) is 11.5 Å². The van der Waals surface area contributed by atoms with Crippen molar-refractivity contribution in [2.75, 3.05) is 6.61 Å². The van der Waals surface area contributed by atoms with Crippen LogP contribution < -0.4 is 4.74 Å². The van der Waals surface area contributed by atoms with Crippen molar-refractivity contribution < 1.29 is 14.9 Å². The Kier molecular flexibility index (Phi) is 8.22. The third-order valence-electron chi connectivity index (χ3n) is 6.78. The van der Waals surface area contributed by atoms with E-state index in [1.807, 2.05) is 6.07 Å². The van der Waals surface area contributed by atoms with Crippen LogP contribution in [0.15, 0.2) is 23.8 Å². The molecule has 0 aliphatic carbocycles. The number of aliphatic hydroxyl groups is 1. The molecular formula is C26H42O3. The van der Waals surface area contributed by atoms with Crippen LogP contribution in [-0.2, 0) is 11.8 Å². The zero-order valence-corrected chi connectivity index (χ0v) is 19.5. The van der Waals surface area contributed by atoms with Crippen molar-refractivity contribution in [2.45, 2.75) is 104 Å². The van der Waals surface area contributed by atoms with Gasteiger partial charge in [-0.15, -0.1) is 0 Å². The van der Waals surface area contributed by atoms with Crippen molar-refractivity contribution in [1.29, 1.82) is 0 Å². The van der Waals surface area contributed by atoms with Gasteiger partial charge >= 0.3 is 0 Å². The van der Waals surface area contributed by atoms with Crippen molar-refractivity contribution in [1.82, 2.24) is 0 Å². The predicted octanol–water partition coefficient (Wildman–Crippen LogP) is 6.69. The van der Waals surface area contributed by atoms with E-state index in [4.69, 9.17) is 4.74 Å². The number of allylic oxidation sites excluding steroid dienone is 1. The lowest BCUT2D eigenvalue weighted by molar-refractivity contribution is 0.0270. The van der Waals surface area contributed by atoms with Gasteiger partial charge in [0.05, 0.1) is 6.61 Å². The first kappa shape index (κ1) is 23.8. The first-order valence-electron chi connectivity index (χ1n) is 11.5. The number of aromatic hydroxyl groups is 1. The van der Waals surface area contributed by atoms with Crippen LogP contribution >= 0.6 is 0 Å². The third-order valence-corrected chi connectivity index (χ3v) is 6.78. The average Bonchev–Trinajstić information content (AvgIpc) is 2.66. The smallest absolute Gasteiger partial charge is 0.127 e. The molecule has 0 unspecified atom stereocenters. The molecule has 0 fully saturated rings. The molecule has 0 amide bonds. The van der Waals surface area contributed by atoms with E-state index in [0.29, 0.717) is 5.75 Å². The molecule has 1 aromatic carbocycles. The molecule has 1 heterocycles. The van der Waals surface area contributed by atoms with Crippen molar-refractivity contribution in [3.05, 3.63) is 34.9 Å². The second-order valence-corrected chi connectivity index (χ2v) is 9.88. The molecule has 3 heteroatoms. The number of hydrogen-bond donors (Lipinski definition) is 2. The number of ether oxygens (including phenoxy) is 1. The summed E-state index contributed by atoms with van der Waals surface area (Å²) >= 11 is 0. The lowest BCUT2D eigenvalue weighted by Crippen LogP contribution is -2.42. The molecule has 3 nitrogen and oxygen atoms in total. The molecule has 2 rings (SSSR count). The first-order chi connectivity index (χ1) is 13.6. The number of unbranched alkanes of at least 4 members (excludes halogenated alkanes) is 3. The second kappa shape index (κ2) is 10.0. The number of benzene rings is 1. The highest BCUT2D eigenvalue weighted by molar-refractivity contribution is 5.51. The van der Waals surface area contributed by atoms with E-state index in [1.54, 1.807) is 0 Å². The Hall–Kier alpha value is -1.48. The topological polar surface area (TPSA) is 49.7 Å². The van der Waals surface area contributed by atoms with Crippen LogP contribution in [0.5, 0.6) is 11.5 Å². The maximum atomic E-state index is 10.8. The van der Waals surface area contributed by atoms with E-state index in [2.05, 4.69) is 53.7 Å². The highest BCUT2D eigenvalue weighted by atomic mass is 16.5. The molecule has 0 radical (unpaired) electrons. The van der Waals surface area contributed by atoms with Crippen molar-refractivity contribution in [2.24, 2.45) is 5.92 Å². The minimum atomic E-state index is -0.311. The summed E-state index contributed by atoms with van der Waals surface area (Å²) in [6.07, 6.45) is 10.8. The fourth-order valence-electron chi connectivity index (χ4n) is 4.31. The van der Waals surface area contributed by atoms with Gasteiger partial charge in [-0.1, -0.05) is 59.5 Å². The lowest BCUT2D eigenvalue weighted by Gasteiger charge is -2.41.